The van der Waals surface area contributed by atoms with Gasteiger partial charge in [0.2, 0.25) is 11.5 Å². The highest BCUT2D eigenvalue weighted by atomic mass is 19.4. The molecule has 0 unspecified atom stereocenters. The molecular formula is C28H30F4N8O2. The lowest BCUT2D eigenvalue weighted by molar-refractivity contribution is -0.138. The quantitative estimate of drug-likeness (QED) is 0.388. The number of aromatic nitrogens is 3. The number of amides is 1. The third kappa shape index (κ3) is 5.79. The largest absolute Gasteiger partial charge is 0.417 e. The monoisotopic (exact) mass is 586 g/mol. The lowest BCUT2D eigenvalue weighted by Crippen LogP contribution is -2.55. The summed E-state index contributed by atoms with van der Waals surface area (Å²) in [5.74, 6) is -1.24. The average molecular weight is 587 g/mol. The normalized spacial score (nSPS) is 19.6. The van der Waals surface area contributed by atoms with Crippen LogP contribution in [0.5, 0.6) is 0 Å². The maximum atomic E-state index is 15.8. The van der Waals surface area contributed by atoms with Gasteiger partial charge in [-0.1, -0.05) is 6.08 Å². The number of hydrogen-bond acceptors (Lipinski definition) is 8. The molecule has 14 heteroatoms. The number of hydrogen-bond donors (Lipinski definition) is 3. The van der Waals surface area contributed by atoms with Gasteiger partial charge in [0.25, 0.3) is 5.91 Å². The number of pyridine rings is 1. The Hall–Kier alpha value is -4.46. The zero-order chi connectivity index (χ0) is 30.3. The summed E-state index contributed by atoms with van der Waals surface area (Å²) in [6.45, 7) is 5.67. The second kappa shape index (κ2) is 11.1. The molecular weight excluding hydrogens is 556 g/mol. The van der Waals surface area contributed by atoms with Crippen LogP contribution in [0.1, 0.15) is 35.3 Å². The van der Waals surface area contributed by atoms with Gasteiger partial charge in [0.05, 0.1) is 40.6 Å². The van der Waals surface area contributed by atoms with Crippen molar-refractivity contribution in [1.29, 1.82) is 0 Å². The van der Waals surface area contributed by atoms with Crippen LogP contribution < -0.4 is 26.4 Å². The summed E-state index contributed by atoms with van der Waals surface area (Å²) in [4.78, 5) is 41.4. The van der Waals surface area contributed by atoms with Crippen LogP contribution in [0.4, 0.5) is 40.6 Å². The minimum absolute atomic E-state index is 0.0853. The molecule has 0 bridgehead atoms. The maximum absolute atomic E-state index is 15.8. The predicted octanol–water partition coefficient (Wildman–Crippen LogP) is 3.59. The van der Waals surface area contributed by atoms with Gasteiger partial charge in [0.15, 0.2) is 0 Å². The molecule has 2 atom stereocenters. The molecule has 1 fully saturated rings. The third-order valence-corrected chi connectivity index (χ3v) is 7.71. The summed E-state index contributed by atoms with van der Waals surface area (Å²) >= 11 is 0. The van der Waals surface area contributed by atoms with Crippen LogP contribution in [0.2, 0.25) is 0 Å². The fraction of sp³-hybridized carbons (Fsp3) is 0.357. The number of nitrogens with two attached hydrogens (primary N) is 1. The summed E-state index contributed by atoms with van der Waals surface area (Å²) in [5, 5.41) is 2.57. The molecule has 222 valence electrons. The van der Waals surface area contributed by atoms with Gasteiger partial charge in [-0.05, 0) is 38.6 Å². The van der Waals surface area contributed by atoms with E-state index in [0.29, 0.717) is 48.6 Å². The van der Waals surface area contributed by atoms with E-state index in [1.807, 2.05) is 25.8 Å². The molecule has 1 aromatic carbocycles. The van der Waals surface area contributed by atoms with Crippen molar-refractivity contribution in [2.75, 3.05) is 54.1 Å². The number of nitrogens with zero attached hydrogens (tertiary/aromatic N) is 5. The summed E-state index contributed by atoms with van der Waals surface area (Å²) in [6, 6.07) is 3.25. The fourth-order valence-electron chi connectivity index (χ4n) is 5.25. The van der Waals surface area contributed by atoms with Crippen LogP contribution in [0.3, 0.4) is 0 Å². The minimum Gasteiger partial charge on any atom is -0.396 e. The van der Waals surface area contributed by atoms with Gasteiger partial charge in [-0.15, -0.1) is 0 Å². The van der Waals surface area contributed by atoms with Crippen molar-refractivity contribution in [2.45, 2.75) is 32.1 Å². The molecule has 4 N–H and O–H groups in total. The minimum atomic E-state index is -4.94. The van der Waals surface area contributed by atoms with Gasteiger partial charge in [-0.2, -0.15) is 13.2 Å². The van der Waals surface area contributed by atoms with Gasteiger partial charge < -0.3 is 25.8 Å². The van der Waals surface area contributed by atoms with E-state index in [2.05, 4.69) is 25.2 Å². The molecule has 0 saturated carbocycles. The number of piperazine rings is 1. The number of carbonyl (C=O) groups is 1. The molecule has 4 heterocycles. The van der Waals surface area contributed by atoms with Crippen LogP contribution >= 0.6 is 0 Å². The molecule has 5 rings (SSSR count). The lowest BCUT2D eigenvalue weighted by atomic mass is 10.0. The third-order valence-electron chi connectivity index (χ3n) is 7.71. The number of benzene rings is 1. The number of anilines is 4. The van der Waals surface area contributed by atoms with Crippen LogP contribution in [-0.2, 0) is 6.18 Å². The first-order valence-corrected chi connectivity index (χ1v) is 13.3. The number of carbonyl (C=O) groups excluding carboxylic acids is 1. The van der Waals surface area contributed by atoms with Crippen molar-refractivity contribution >= 4 is 34.5 Å². The Morgan fingerprint density at radius 1 is 1.10 bits per heavy atom. The number of rotatable bonds is 5. The summed E-state index contributed by atoms with van der Waals surface area (Å²) < 4.78 is 56.9. The van der Waals surface area contributed by atoms with Gasteiger partial charge in [0.1, 0.15) is 5.82 Å². The van der Waals surface area contributed by atoms with Crippen LogP contribution in [0.15, 0.2) is 47.7 Å². The Morgan fingerprint density at radius 3 is 2.40 bits per heavy atom. The number of aromatic amines is 1. The smallest absolute Gasteiger partial charge is 0.396 e. The molecule has 0 radical (unpaired) electrons. The van der Waals surface area contributed by atoms with E-state index in [0.717, 1.165) is 6.20 Å². The van der Waals surface area contributed by atoms with Gasteiger partial charge >= 0.3 is 6.18 Å². The Morgan fingerprint density at radius 2 is 1.76 bits per heavy atom. The lowest BCUT2D eigenvalue weighted by Gasteiger charge is -2.44. The number of H-pyrrole nitrogens is 1. The number of likely N-dealkylation sites (N-methyl/N-ethyl adjacent to an activating group) is 1. The number of nitrogens with one attached hydrogen (secondary N) is 2. The number of nitrogen functional groups attached to an aromatic ring is 1. The number of halogens is 4. The summed E-state index contributed by atoms with van der Waals surface area (Å²) in [5.41, 5.74) is 4.21. The Labute approximate surface area is 238 Å². The first-order valence-electron chi connectivity index (χ1n) is 13.3. The van der Waals surface area contributed by atoms with Crippen LogP contribution in [-0.4, -0.2) is 71.1 Å². The topological polar surface area (TPSA) is 123 Å². The molecule has 1 amide bonds. The van der Waals surface area contributed by atoms with E-state index in [9.17, 15) is 22.8 Å². The van der Waals surface area contributed by atoms with Crippen LogP contribution in [0.25, 0.3) is 5.57 Å². The second-order valence-corrected chi connectivity index (χ2v) is 10.6. The van der Waals surface area contributed by atoms with E-state index in [-0.39, 0.29) is 29.9 Å². The van der Waals surface area contributed by atoms with E-state index in [4.69, 9.17) is 5.73 Å². The zero-order valence-corrected chi connectivity index (χ0v) is 23.2. The van der Waals surface area contributed by atoms with E-state index >= 15 is 4.39 Å². The molecule has 0 spiro atoms. The first kappa shape index (κ1) is 29.0. The molecule has 1 saturated heterocycles. The highest BCUT2D eigenvalue weighted by molar-refractivity contribution is 6.07. The maximum Gasteiger partial charge on any atom is 0.417 e. The average Bonchev–Trinajstić information content (AvgIpc) is 3.42. The van der Waals surface area contributed by atoms with E-state index < -0.39 is 34.6 Å². The molecule has 42 heavy (non-hydrogen) atoms. The van der Waals surface area contributed by atoms with Crippen molar-refractivity contribution in [3.8, 4) is 0 Å². The molecule has 3 aromatic rings. The van der Waals surface area contributed by atoms with Crippen molar-refractivity contribution in [3.05, 3.63) is 75.7 Å². The van der Waals surface area contributed by atoms with Crippen LogP contribution in [0, 0.1) is 5.82 Å². The highest BCUT2D eigenvalue weighted by Gasteiger charge is 2.36. The Kier molecular flexibility index (Phi) is 7.66. The second-order valence-electron chi connectivity index (χ2n) is 10.6. The Bertz CT molecular complexity index is 1580. The molecule has 10 nitrogen and oxygen atoms in total. The van der Waals surface area contributed by atoms with Crippen molar-refractivity contribution < 1.29 is 22.4 Å². The predicted molar refractivity (Wildman–Crippen MR) is 152 cm³/mol. The van der Waals surface area contributed by atoms with Gasteiger partial charge in [0, 0.05) is 56.1 Å². The van der Waals surface area contributed by atoms with E-state index in [1.54, 1.807) is 11.0 Å². The van der Waals surface area contributed by atoms with E-state index in [1.165, 1.54) is 24.5 Å². The molecule has 0 aliphatic carbocycles. The molecule has 2 aliphatic rings. The number of alkyl halides is 3. The highest BCUT2D eigenvalue weighted by Crippen LogP contribution is 2.37. The van der Waals surface area contributed by atoms with Gasteiger partial charge in [-0.3, -0.25) is 14.5 Å². The fourth-order valence-corrected chi connectivity index (χ4v) is 5.25. The SMILES string of the molecule is C[C@@H]1CN(c2cc(F)c(C3=CCN(c4ncc(N)cn4)C3)cc2NC(=O)c2c[nH]c(=O)cc2C(F)(F)F)C[C@H](C)N1C. The molecule has 2 aromatic heterocycles. The summed E-state index contributed by atoms with van der Waals surface area (Å²) in [6.07, 6.45) is 0.519. The molecule has 2 aliphatic heterocycles. The van der Waals surface area contributed by atoms with Crippen molar-refractivity contribution in [1.82, 2.24) is 19.9 Å². The standard InChI is InChI=1S/C28H30F4N8O2/c1-15-12-40(13-16(2)38(15)3)24-8-22(29)19(17-4-5-39(14-17)27-35-9-18(33)10-36-27)6-23(24)37-26(42)20-11-34-25(41)7-21(20)28(30,31)32/h4,6-11,15-16H,5,12-14,33H2,1-3H3,(H,34,41)(H,37,42)/t15-,16+. The summed E-state index contributed by atoms with van der Waals surface area (Å²) in [7, 11) is 1.98. The van der Waals surface area contributed by atoms with Gasteiger partial charge in [-0.25, -0.2) is 14.4 Å². The van der Waals surface area contributed by atoms with Crippen molar-refractivity contribution in [2.24, 2.45) is 0 Å². The first-order chi connectivity index (χ1) is 19.8. The zero-order valence-electron chi connectivity index (χ0n) is 23.2. The Balaban J connectivity index is 1.53. The van der Waals surface area contributed by atoms with Crippen molar-refractivity contribution in [3.63, 3.8) is 0 Å².